The van der Waals surface area contributed by atoms with Gasteiger partial charge in [0.05, 0.1) is 6.61 Å². The maximum absolute atomic E-state index is 12.4. The van der Waals surface area contributed by atoms with Gasteiger partial charge < -0.3 is 10.2 Å². The van der Waals surface area contributed by atoms with E-state index in [0.29, 0.717) is 18.4 Å². The summed E-state index contributed by atoms with van der Waals surface area (Å²) in [6, 6.07) is 5.26. The maximum atomic E-state index is 12.4. The van der Waals surface area contributed by atoms with E-state index in [-0.39, 0.29) is 12.4 Å². The summed E-state index contributed by atoms with van der Waals surface area (Å²) in [5, 5.41) is 19.6. The molecule has 1 aromatic rings. The van der Waals surface area contributed by atoms with Crippen molar-refractivity contribution < 1.29 is 15.0 Å². The van der Waals surface area contributed by atoms with E-state index in [2.05, 4.69) is 0 Å². The average Bonchev–Trinajstić information content (AvgIpc) is 2.39. The van der Waals surface area contributed by atoms with Crippen LogP contribution < -0.4 is 0 Å². The van der Waals surface area contributed by atoms with Crippen LogP contribution in [0.2, 0.25) is 0 Å². The summed E-state index contributed by atoms with van der Waals surface area (Å²) >= 11 is 0. The molecule has 0 amide bonds. The van der Waals surface area contributed by atoms with Gasteiger partial charge in [0.25, 0.3) is 0 Å². The van der Waals surface area contributed by atoms with Crippen LogP contribution in [0.5, 0.6) is 0 Å². The molecule has 3 nitrogen and oxygen atoms in total. The Bertz CT molecular complexity index is 445. The number of carbonyl (C=O) groups excluding carboxylic acids is 1. The Morgan fingerprint density at radius 1 is 1.28 bits per heavy atom. The highest BCUT2D eigenvalue weighted by Gasteiger charge is 2.37. The summed E-state index contributed by atoms with van der Waals surface area (Å²) in [5.41, 5.74) is 1.03. The molecule has 1 fully saturated rings. The number of ketones is 1. The van der Waals surface area contributed by atoms with Crippen LogP contribution in [0.4, 0.5) is 0 Å². The smallest absolute Gasteiger partial charge is 0.194 e. The highest BCUT2D eigenvalue weighted by Crippen LogP contribution is 2.31. The number of aliphatic hydroxyl groups is 2. The van der Waals surface area contributed by atoms with E-state index in [1.165, 1.54) is 0 Å². The Kier molecular flexibility index (Phi) is 3.83. The fourth-order valence-corrected chi connectivity index (χ4v) is 2.62. The van der Waals surface area contributed by atoms with Crippen LogP contribution in [-0.2, 0) is 6.61 Å². The predicted octanol–water partition coefficient (Wildman–Crippen LogP) is 2.37. The average molecular weight is 248 g/mol. The van der Waals surface area contributed by atoms with Crippen LogP contribution in [0.15, 0.2) is 18.2 Å². The standard InChI is InChI=1S/C15H20O3/c1-11-5-6-12(9-13(11)10-16)14(17)15(18)7-3-2-4-8-15/h5-6,9,16,18H,2-4,7-8,10H2,1H3. The molecule has 0 bridgehead atoms. The molecule has 0 aromatic heterocycles. The predicted molar refractivity (Wildman–Crippen MR) is 69.5 cm³/mol. The monoisotopic (exact) mass is 248 g/mol. The van der Waals surface area contributed by atoms with Crippen molar-refractivity contribution in [3.63, 3.8) is 0 Å². The Morgan fingerprint density at radius 3 is 2.56 bits per heavy atom. The zero-order valence-corrected chi connectivity index (χ0v) is 10.8. The third-order valence-corrected chi connectivity index (χ3v) is 3.89. The minimum atomic E-state index is -1.19. The van der Waals surface area contributed by atoms with Crippen LogP contribution in [-0.4, -0.2) is 21.6 Å². The van der Waals surface area contributed by atoms with Gasteiger partial charge in [0.2, 0.25) is 0 Å². The third-order valence-electron chi connectivity index (χ3n) is 3.89. The van der Waals surface area contributed by atoms with E-state index in [9.17, 15) is 15.0 Å². The SMILES string of the molecule is Cc1ccc(C(=O)C2(O)CCCCC2)cc1CO. The first-order valence-corrected chi connectivity index (χ1v) is 6.54. The van der Waals surface area contributed by atoms with Gasteiger partial charge in [0.1, 0.15) is 5.60 Å². The summed E-state index contributed by atoms with van der Waals surface area (Å²) < 4.78 is 0. The van der Waals surface area contributed by atoms with Gasteiger partial charge in [-0.25, -0.2) is 0 Å². The zero-order valence-electron chi connectivity index (χ0n) is 10.8. The number of hydrogen-bond acceptors (Lipinski definition) is 3. The molecule has 2 rings (SSSR count). The van der Waals surface area contributed by atoms with Gasteiger partial charge in [0.15, 0.2) is 5.78 Å². The normalized spacial score (nSPS) is 18.6. The van der Waals surface area contributed by atoms with Crippen molar-refractivity contribution in [2.75, 3.05) is 0 Å². The first-order valence-electron chi connectivity index (χ1n) is 6.54. The number of benzene rings is 1. The van der Waals surface area contributed by atoms with E-state index in [1.807, 2.05) is 13.0 Å². The molecule has 18 heavy (non-hydrogen) atoms. The number of aryl methyl sites for hydroxylation is 1. The lowest BCUT2D eigenvalue weighted by Gasteiger charge is -2.30. The molecule has 0 radical (unpaired) electrons. The zero-order chi connectivity index (χ0) is 13.2. The Morgan fingerprint density at radius 2 is 1.94 bits per heavy atom. The Labute approximate surface area is 107 Å². The van der Waals surface area contributed by atoms with Gasteiger partial charge in [-0.15, -0.1) is 0 Å². The molecule has 0 unspecified atom stereocenters. The molecule has 98 valence electrons. The van der Waals surface area contributed by atoms with Crippen molar-refractivity contribution in [3.05, 3.63) is 34.9 Å². The molecule has 0 spiro atoms. The molecule has 0 heterocycles. The molecule has 1 aromatic carbocycles. The van der Waals surface area contributed by atoms with E-state index < -0.39 is 5.60 Å². The number of aliphatic hydroxyl groups excluding tert-OH is 1. The molecule has 0 atom stereocenters. The second-order valence-corrected chi connectivity index (χ2v) is 5.22. The molecule has 3 heteroatoms. The molecule has 2 N–H and O–H groups in total. The Balaban J connectivity index is 2.27. The first kappa shape index (κ1) is 13.2. The Hall–Kier alpha value is -1.19. The van der Waals surface area contributed by atoms with Crippen molar-refractivity contribution in [1.82, 2.24) is 0 Å². The molecular weight excluding hydrogens is 228 g/mol. The van der Waals surface area contributed by atoms with Gasteiger partial charge in [0, 0.05) is 5.56 Å². The molecule has 0 aliphatic heterocycles. The number of hydrogen-bond donors (Lipinski definition) is 2. The van der Waals surface area contributed by atoms with Crippen LogP contribution in [0.1, 0.15) is 53.6 Å². The van der Waals surface area contributed by atoms with Crippen molar-refractivity contribution in [3.8, 4) is 0 Å². The topological polar surface area (TPSA) is 57.5 Å². The summed E-state index contributed by atoms with van der Waals surface area (Å²) in [7, 11) is 0. The van der Waals surface area contributed by atoms with Gasteiger partial charge in [-0.1, -0.05) is 31.4 Å². The molecule has 1 saturated carbocycles. The molecule has 1 aliphatic rings. The fraction of sp³-hybridized carbons (Fsp3) is 0.533. The number of Topliss-reactive ketones (excluding diaryl/α,β-unsaturated/α-hetero) is 1. The quantitative estimate of drug-likeness (QED) is 0.807. The van der Waals surface area contributed by atoms with Crippen molar-refractivity contribution >= 4 is 5.78 Å². The molecule has 0 saturated heterocycles. The van der Waals surface area contributed by atoms with E-state index >= 15 is 0 Å². The summed E-state index contributed by atoms with van der Waals surface area (Å²) in [6.07, 6.45) is 4.00. The van der Waals surface area contributed by atoms with Crippen LogP contribution >= 0.6 is 0 Å². The number of rotatable bonds is 3. The van der Waals surface area contributed by atoms with E-state index in [0.717, 1.165) is 30.4 Å². The second kappa shape index (κ2) is 5.21. The van der Waals surface area contributed by atoms with E-state index in [4.69, 9.17) is 0 Å². The highest BCUT2D eigenvalue weighted by atomic mass is 16.3. The number of carbonyl (C=O) groups is 1. The minimum Gasteiger partial charge on any atom is -0.392 e. The molecular formula is C15H20O3. The molecule has 1 aliphatic carbocycles. The van der Waals surface area contributed by atoms with Crippen molar-refractivity contribution in [2.24, 2.45) is 0 Å². The van der Waals surface area contributed by atoms with Gasteiger partial charge in [-0.3, -0.25) is 4.79 Å². The summed E-state index contributed by atoms with van der Waals surface area (Å²) in [6.45, 7) is 1.82. The summed E-state index contributed by atoms with van der Waals surface area (Å²) in [4.78, 5) is 12.4. The summed E-state index contributed by atoms with van der Waals surface area (Å²) in [5.74, 6) is -0.197. The van der Waals surface area contributed by atoms with Crippen LogP contribution in [0, 0.1) is 6.92 Å². The van der Waals surface area contributed by atoms with Crippen molar-refractivity contribution in [1.29, 1.82) is 0 Å². The highest BCUT2D eigenvalue weighted by molar-refractivity contribution is 6.02. The first-order chi connectivity index (χ1) is 8.57. The largest absolute Gasteiger partial charge is 0.392 e. The van der Waals surface area contributed by atoms with Gasteiger partial charge >= 0.3 is 0 Å². The van der Waals surface area contributed by atoms with Gasteiger partial charge in [-0.2, -0.15) is 0 Å². The fourth-order valence-electron chi connectivity index (χ4n) is 2.62. The van der Waals surface area contributed by atoms with Crippen molar-refractivity contribution in [2.45, 2.75) is 51.2 Å². The van der Waals surface area contributed by atoms with Crippen LogP contribution in [0.3, 0.4) is 0 Å². The lowest BCUT2D eigenvalue weighted by Crippen LogP contribution is -2.40. The van der Waals surface area contributed by atoms with E-state index in [1.54, 1.807) is 12.1 Å². The second-order valence-electron chi connectivity index (χ2n) is 5.22. The lowest BCUT2D eigenvalue weighted by atomic mass is 9.79. The lowest BCUT2D eigenvalue weighted by molar-refractivity contribution is 0.0116. The van der Waals surface area contributed by atoms with Gasteiger partial charge in [-0.05, 0) is 37.0 Å². The third kappa shape index (κ3) is 2.47. The van der Waals surface area contributed by atoms with Crippen LogP contribution in [0.25, 0.3) is 0 Å². The minimum absolute atomic E-state index is 0.0780. The maximum Gasteiger partial charge on any atom is 0.194 e.